The molecule has 2 aromatic rings. The topological polar surface area (TPSA) is 67.0 Å². The summed E-state index contributed by atoms with van der Waals surface area (Å²) in [6.07, 6.45) is -0.638. The zero-order chi connectivity index (χ0) is 22.9. The number of hydrogen-bond acceptors (Lipinski definition) is 6. The number of anilines is 1. The third-order valence-electron chi connectivity index (χ3n) is 5.25. The number of epoxide rings is 1. The van der Waals surface area contributed by atoms with Crippen molar-refractivity contribution in [3.05, 3.63) is 64.4 Å². The Morgan fingerprint density at radius 2 is 2.09 bits per heavy atom. The maximum Gasteiger partial charge on any atom is 0.416 e. The number of hydrogen-bond donors (Lipinski definition) is 1. The van der Waals surface area contributed by atoms with Gasteiger partial charge in [-0.15, -0.1) is 0 Å². The highest BCUT2D eigenvalue weighted by molar-refractivity contribution is 6.32. The number of carbonyl (C=O) groups is 1. The molecular weight excluding hydrogens is 447 g/mol. The summed E-state index contributed by atoms with van der Waals surface area (Å²) in [6, 6.07) is 6.43. The second-order valence-corrected chi connectivity index (χ2v) is 7.82. The van der Waals surface area contributed by atoms with E-state index < -0.39 is 17.7 Å². The highest BCUT2D eigenvalue weighted by atomic mass is 35.5. The molecule has 1 aromatic heterocycles. The molecule has 2 aliphatic heterocycles. The molecule has 2 aliphatic rings. The lowest BCUT2D eigenvalue weighted by molar-refractivity contribution is -0.137. The van der Waals surface area contributed by atoms with Crippen LogP contribution in [0.2, 0.25) is 5.02 Å². The Morgan fingerprint density at radius 1 is 1.34 bits per heavy atom. The number of halogens is 4. The van der Waals surface area contributed by atoms with Crippen molar-refractivity contribution in [2.75, 3.05) is 25.0 Å². The predicted molar refractivity (Wildman–Crippen MR) is 113 cm³/mol. The zero-order valence-corrected chi connectivity index (χ0v) is 17.9. The fraction of sp³-hybridized carbons (Fsp3) is 0.364. The largest absolute Gasteiger partial charge is 0.462 e. The van der Waals surface area contributed by atoms with Gasteiger partial charge in [0.1, 0.15) is 0 Å². The fourth-order valence-electron chi connectivity index (χ4n) is 3.54. The Kier molecular flexibility index (Phi) is 6.41. The summed E-state index contributed by atoms with van der Waals surface area (Å²) in [6.45, 7) is 3.33. The van der Waals surface area contributed by atoms with Crippen molar-refractivity contribution in [1.29, 1.82) is 0 Å². The lowest BCUT2D eigenvalue weighted by Gasteiger charge is -2.25. The van der Waals surface area contributed by atoms with E-state index in [0.717, 1.165) is 17.7 Å². The van der Waals surface area contributed by atoms with Gasteiger partial charge < -0.3 is 14.8 Å². The van der Waals surface area contributed by atoms with E-state index in [1.54, 1.807) is 13.0 Å². The number of esters is 1. The van der Waals surface area contributed by atoms with Gasteiger partial charge in [-0.1, -0.05) is 17.7 Å². The molecule has 2 unspecified atom stereocenters. The number of benzene rings is 1. The van der Waals surface area contributed by atoms with Crippen LogP contribution in [0.4, 0.5) is 18.9 Å². The van der Waals surface area contributed by atoms with Gasteiger partial charge in [-0.05, 0) is 49.2 Å². The molecule has 3 heterocycles. The Labute approximate surface area is 188 Å². The molecule has 6 nitrogen and oxygen atoms in total. The molecule has 1 fully saturated rings. The molecule has 0 saturated carbocycles. The molecule has 32 heavy (non-hydrogen) atoms. The third-order valence-corrected chi connectivity index (χ3v) is 5.53. The Morgan fingerprint density at radius 3 is 2.69 bits per heavy atom. The van der Waals surface area contributed by atoms with Gasteiger partial charge in [0.15, 0.2) is 12.5 Å². The van der Waals surface area contributed by atoms with Crippen molar-refractivity contribution in [2.45, 2.75) is 32.0 Å². The molecule has 0 amide bonds. The number of alkyl halides is 3. The highest BCUT2D eigenvalue weighted by Gasteiger charge is 2.44. The Balaban J connectivity index is 1.33. The van der Waals surface area contributed by atoms with Crippen LogP contribution in [0.1, 0.15) is 35.0 Å². The molecule has 1 aromatic carbocycles. The molecule has 0 spiro atoms. The van der Waals surface area contributed by atoms with E-state index in [1.807, 2.05) is 6.08 Å². The summed E-state index contributed by atoms with van der Waals surface area (Å²) in [5.74, 6) is -0.463. The predicted octanol–water partition coefficient (Wildman–Crippen LogP) is 4.81. The van der Waals surface area contributed by atoms with Crippen molar-refractivity contribution < 1.29 is 27.4 Å². The van der Waals surface area contributed by atoms with Gasteiger partial charge in [0.2, 0.25) is 0 Å². The first-order valence-electron chi connectivity index (χ1n) is 10.1. The molecule has 2 atom stereocenters. The minimum absolute atomic E-state index is 0.162. The number of pyridine rings is 1. The van der Waals surface area contributed by atoms with E-state index in [2.05, 4.69) is 15.2 Å². The molecular formula is C22H21ClF3N3O3. The zero-order valence-electron chi connectivity index (χ0n) is 17.2. The molecule has 0 radical (unpaired) electrons. The average molecular weight is 468 g/mol. The van der Waals surface area contributed by atoms with Crippen LogP contribution >= 0.6 is 11.6 Å². The average Bonchev–Trinajstić information content (AvgIpc) is 3.53. The number of nitrogens with one attached hydrogen (secondary N) is 1. The van der Waals surface area contributed by atoms with Gasteiger partial charge >= 0.3 is 12.1 Å². The number of carbonyl (C=O) groups excluding carboxylic acids is 1. The summed E-state index contributed by atoms with van der Waals surface area (Å²) in [7, 11) is 0. The molecule has 1 saturated heterocycles. The standard InChI is InChI=1S/C22H21ClF3N3O3/c1-2-31-21(30)14-11-17(23)18(27-12-14)13-7-9-29(10-8-13)20-19(32-20)28-16-5-3-15(4-6-16)22(24,25)26/h3-7,11-12,19-20,28H,2,8-10H2,1H3. The van der Waals surface area contributed by atoms with Crippen molar-refractivity contribution in [2.24, 2.45) is 0 Å². The van der Waals surface area contributed by atoms with E-state index >= 15 is 0 Å². The van der Waals surface area contributed by atoms with Crippen molar-refractivity contribution >= 4 is 28.8 Å². The summed E-state index contributed by atoms with van der Waals surface area (Å²) in [5, 5.41) is 3.48. The van der Waals surface area contributed by atoms with E-state index in [9.17, 15) is 18.0 Å². The highest BCUT2D eigenvalue weighted by Crippen LogP contribution is 2.34. The first-order valence-corrected chi connectivity index (χ1v) is 10.5. The van der Waals surface area contributed by atoms with E-state index in [0.29, 0.717) is 41.5 Å². The maximum absolute atomic E-state index is 12.7. The van der Waals surface area contributed by atoms with Gasteiger partial charge in [-0.2, -0.15) is 13.2 Å². The molecule has 1 N–H and O–H groups in total. The first kappa shape index (κ1) is 22.6. The van der Waals surface area contributed by atoms with Gasteiger partial charge in [0, 0.05) is 25.0 Å². The molecule has 10 heteroatoms. The third kappa shape index (κ3) is 5.06. The number of ether oxygens (including phenoxy) is 2. The minimum Gasteiger partial charge on any atom is -0.462 e. The molecule has 4 rings (SSSR count). The minimum atomic E-state index is -4.36. The normalized spacial score (nSPS) is 21.1. The van der Waals surface area contributed by atoms with Crippen molar-refractivity contribution in [3.8, 4) is 0 Å². The lowest BCUT2D eigenvalue weighted by Crippen LogP contribution is -2.33. The van der Waals surface area contributed by atoms with E-state index in [-0.39, 0.29) is 19.1 Å². The van der Waals surface area contributed by atoms with Crippen LogP contribution in [0.5, 0.6) is 0 Å². The summed E-state index contributed by atoms with van der Waals surface area (Å²) in [5.41, 5.74) is 1.80. The van der Waals surface area contributed by atoms with Gasteiger partial charge in [-0.25, -0.2) is 4.79 Å². The smallest absolute Gasteiger partial charge is 0.416 e. The van der Waals surface area contributed by atoms with Crippen LogP contribution in [-0.2, 0) is 15.7 Å². The van der Waals surface area contributed by atoms with Crippen LogP contribution in [0.3, 0.4) is 0 Å². The number of aromatic nitrogens is 1. The van der Waals surface area contributed by atoms with E-state index in [4.69, 9.17) is 21.1 Å². The van der Waals surface area contributed by atoms with Crippen LogP contribution in [0.25, 0.3) is 5.57 Å². The van der Waals surface area contributed by atoms with E-state index in [1.165, 1.54) is 18.3 Å². The quantitative estimate of drug-likeness (QED) is 0.485. The SMILES string of the molecule is CCOC(=O)c1cnc(C2=CCN(C3OC3Nc3ccc(C(F)(F)F)cc3)CC2)c(Cl)c1. The fourth-order valence-corrected chi connectivity index (χ4v) is 3.83. The van der Waals surface area contributed by atoms with Crippen molar-refractivity contribution in [3.63, 3.8) is 0 Å². The number of rotatable bonds is 6. The number of nitrogens with zero attached hydrogens (tertiary/aromatic N) is 2. The summed E-state index contributed by atoms with van der Waals surface area (Å²) < 4.78 is 48.6. The maximum atomic E-state index is 12.7. The van der Waals surface area contributed by atoms with Gasteiger partial charge in [-0.3, -0.25) is 9.88 Å². The Hall–Kier alpha value is -2.62. The van der Waals surface area contributed by atoms with Crippen LogP contribution in [-0.4, -0.2) is 48.0 Å². The van der Waals surface area contributed by atoms with Gasteiger partial charge in [0.25, 0.3) is 0 Å². The monoisotopic (exact) mass is 467 g/mol. The molecule has 0 bridgehead atoms. The summed E-state index contributed by atoms with van der Waals surface area (Å²) in [4.78, 5) is 18.3. The van der Waals surface area contributed by atoms with Crippen LogP contribution in [0.15, 0.2) is 42.6 Å². The molecule has 0 aliphatic carbocycles. The second-order valence-electron chi connectivity index (χ2n) is 7.42. The lowest BCUT2D eigenvalue weighted by atomic mass is 10.0. The first-order chi connectivity index (χ1) is 15.3. The van der Waals surface area contributed by atoms with Crippen LogP contribution < -0.4 is 5.32 Å². The molecule has 170 valence electrons. The van der Waals surface area contributed by atoms with Gasteiger partial charge in [0.05, 0.1) is 28.5 Å². The van der Waals surface area contributed by atoms with Crippen molar-refractivity contribution in [1.82, 2.24) is 9.88 Å². The Bertz CT molecular complexity index is 1030. The second kappa shape index (κ2) is 9.09. The summed E-state index contributed by atoms with van der Waals surface area (Å²) >= 11 is 6.34. The van der Waals surface area contributed by atoms with Crippen LogP contribution in [0, 0.1) is 0 Å².